The number of carbonyl (C=O) groups is 1. The largest absolute Gasteiger partial charge is 0.443 e. The zero-order valence-corrected chi connectivity index (χ0v) is 11.4. The van der Waals surface area contributed by atoms with Crippen LogP contribution in [-0.2, 0) is 17.9 Å². The van der Waals surface area contributed by atoms with E-state index in [1.54, 1.807) is 18.3 Å². The number of aromatic nitrogens is 7. The number of benzene rings is 1. The number of hydrogen-bond donors (Lipinski definition) is 2. The maximum atomic E-state index is 11.6. The molecule has 10 nitrogen and oxygen atoms in total. The monoisotopic (exact) mass is 300 g/mol. The predicted molar refractivity (Wildman–Crippen MR) is 73.6 cm³/mol. The maximum Gasteiger partial charge on any atom is 0.412 e. The molecule has 0 unspecified atom stereocenters. The topological polar surface area (TPSA) is 123 Å². The van der Waals surface area contributed by atoms with Crippen LogP contribution in [0, 0.1) is 0 Å². The van der Waals surface area contributed by atoms with E-state index in [9.17, 15) is 4.79 Å². The van der Waals surface area contributed by atoms with E-state index in [2.05, 4.69) is 36.3 Å². The number of amides is 1. The second-order valence-electron chi connectivity index (χ2n) is 4.30. The maximum absolute atomic E-state index is 11.6. The van der Waals surface area contributed by atoms with Gasteiger partial charge >= 0.3 is 6.09 Å². The van der Waals surface area contributed by atoms with Gasteiger partial charge in [-0.25, -0.2) is 9.48 Å². The summed E-state index contributed by atoms with van der Waals surface area (Å²) in [6.07, 6.45) is 1.09. The SMILES string of the molecule is O=C(Nc1ccccc1)OCc1cn(Cc2nn[nH]n2)nn1. The lowest BCUT2D eigenvalue weighted by Gasteiger charge is -2.04. The summed E-state index contributed by atoms with van der Waals surface area (Å²) in [6.45, 7) is 0.352. The van der Waals surface area contributed by atoms with Crippen molar-refractivity contribution in [3.8, 4) is 0 Å². The van der Waals surface area contributed by atoms with Gasteiger partial charge in [-0.05, 0) is 12.1 Å². The minimum atomic E-state index is -0.557. The number of anilines is 1. The van der Waals surface area contributed by atoms with Crippen LogP contribution < -0.4 is 5.32 Å². The summed E-state index contributed by atoms with van der Waals surface area (Å²) >= 11 is 0. The van der Waals surface area contributed by atoms with Gasteiger partial charge in [-0.2, -0.15) is 5.21 Å². The summed E-state index contributed by atoms with van der Waals surface area (Å²) < 4.78 is 6.59. The zero-order chi connectivity index (χ0) is 15.2. The van der Waals surface area contributed by atoms with E-state index >= 15 is 0 Å². The first-order chi connectivity index (χ1) is 10.8. The van der Waals surface area contributed by atoms with E-state index in [1.165, 1.54) is 4.68 Å². The minimum absolute atomic E-state index is 0.0188. The first-order valence-electron chi connectivity index (χ1n) is 6.40. The van der Waals surface area contributed by atoms with Crippen molar-refractivity contribution in [2.75, 3.05) is 5.32 Å². The quantitative estimate of drug-likeness (QED) is 0.706. The standard InChI is InChI=1S/C12H12N8O2/c21-12(13-9-4-2-1-3-5-9)22-8-10-6-20(19-14-10)7-11-15-17-18-16-11/h1-6H,7-8H2,(H,13,21)(H,15,16,17,18). The molecule has 22 heavy (non-hydrogen) atoms. The van der Waals surface area contributed by atoms with Crippen molar-refractivity contribution in [1.82, 2.24) is 35.6 Å². The van der Waals surface area contributed by atoms with Gasteiger partial charge in [0.05, 0.1) is 6.20 Å². The van der Waals surface area contributed by atoms with Crippen LogP contribution in [-0.4, -0.2) is 41.7 Å². The van der Waals surface area contributed by atoms with Gasteiger partial charge in [0, 0.05) is 5.69 Å². The molecule has 0 saturated heterocycles. The molecule has 1 aromatic carbocycles. The lowest BCUT2D eigenvalue weighted by Crippen LogP contribution is -2.13. The van der Waals surface area contributed by atoms with Crippen LogP contribution in [0.2, 0.25) is 0 Å². The van der Waals surface area contributed by atoms with Gasteiger partial charge in [0.1, 0.15) is 18.8 Å². The van der Waals surface area contributed by atoms with Crippen LogP contribution in [0.15, 0.2) is 36.5 Å². The molecule has 3 rings (SSSR count). The predicted octanol–water partition coefficient (Wildman–Crippen LogP) is 0.588. The van der Waals surface area contributed by atoms with Crippen molar-refractivity contribution in [2.24, 2.45) is 0 Å². The van der Waals surface area contributed by atoms with Crippen molar-refractivity contribution in [3.05, 3.63) is 48.0 Å². The third-order valence-corrected chi connectivity index (χ3v) is 2.65. The molecule has 112 valence electrons. The molecule has 2 N–H and O–H groups in total. The summed E-state index contributed by atoms with van der Waals surface area (Å²) in [5.74, 6) is 0.485. The first-order valence-corrected chi connectivity index (χ1v) is 6.40. The summed E-state index contributed by atoms with van der Waals surface area (Å²) in [5, 5.41) is 23.8. The first kappa shape index (κ1) is 13.7. The molecule has 0 aliphatic carbocycles. The normalized spacial score (nSPS) is 10.4. The number of nitrogens with zero attached hydrogens (tertiary/aromatic N) is 6. The number of rotatable bonds is 5. The molecule has 2 heterocycles. The summed E-state index contributed by atoms with van der Waals surface area (Å²) in [6, 6.07) is 9.03. The highest BCUT2D eigenvalue weighted by Gasteiger charge is 2.07. The van der Waals surface area contributed by atoms with E-state index < -0.39 is 6.09 Å². The van der Waals surface area contributed by atoms with Gasteiger partial charge in [0.2, 0.25) is 0 Å². The second kappa shape index (κ2) is 6.43. The van der Waals surface area contributed by atoms with Gasteiger partial charge in [-0.1, -0.05) is 28.6 Å². The summed E-state index contributed by atoms with van der Waals surface area (Å²) in [7, 11) is 0. The molecule has 0 aliphatic heterocycles. The van der Waals surface area contributed by atoms with Gasteiger partial charge in [0.15, 0.2) is 5.82 Å². The number of H-pyrrole nitrogens is 1. The molecule has 0 atom stereocenters. The average Bonchev–Trinajstić information content (AvgIpc) is 3.19. The Balaban J connectivity index is 1.49. The smallest absolute Gasteiger partial charge is 0.412 e. The molecule has 0 spiro atoms. The minimum Gasteiger partial charge on any atom is -0.443 e. The van der Waals surface area contributed by atoms with Crippen molar-refractivity contribution >= 4 is 11.8 Å². The Labute approximate surface area is 124 Å². The van der Waals surface area contributed by atoms with E-state index in [4.69, 9.17) is 4.74 Å². The molecule has 0 radical (unpaired) electrons. The molecule has 0 saturated carbocycles. The molecule has 2 aromatic heterocycles. The van der Waals surface area contributed by atoms with Gasteiger partial charge in [-0.3, -0.25) is 5.32 Å². The van der Waals surface area contributed by atoms with Gasteiger partial charge < -0.3 is 4.74 Å². The average molecular weight is 300 g/mol. The Morgan fingerprint density at radius 1 is 1.27 bits per heavy atom. The van der Waals surface area contributed by atoms with Crippen molar-refractivity contribution in [1.29, 1.82) is 0 Å². The van der Waals surface area contributed by atoms with Gasteiger partial charge in [-0.15, -0.1) is 15.3 Å². The molecule has 10 heteroatoms. The number of aromatic amines is 1. The van der Waals surface area contributed by atoms with Crippen LogP contribution in [0.5, 0.6) is 0 Å². The molecular weight excluding hydrogens is 288 g/mol. The molecule has 0 aliphatic rings. The Hall–Kier alpha value is -3.30. The second-order valence-corrected chi connectivity index (χ2v) is 4.30. The highest BCUT2D eigenvalue weighted by Crippen LogP contribution is 2.06. The molecule has 1 amide bonds. The number of ether oxygens (including phenoxy) is 1. The Morgan fingerprint density at radius 3 is 2.91 bits per heavy atom. The number of para-hydroxylation sites is 1. The Kier molecular flexibility index (Phi) is 4.00. The highest BCUT2D eigenvalue weighted by atomic mass is 16.5. The Bertz CT molecular complexity index is 725. The third-order valence-electron chi connectivity index (χ3n) is 2.65. The fraction of sp³-hybridized carbons (Fsp3) is 0.167. The van der Waals surface area contributed by atoms with Gasteiger partial charge in [0.25, 0.3) is 0 Å². The van der Waals surface area contributed by atoms with Crippen molar-refractivity contribution in [2.45, 2.75) is 13.2 Å². The molecule has 0 bridgehead atoms. The van der Waals surface area contributed by atoms with Crippen LogP contribution in [0.1, 0.15) is 11.5 Å². The number of hydrogen-bond acceptors (Lipinski definition) is 7. The molecule has 3 aromatic rings. The number of tetrazole rings is 1. The lowest BCUT2D eigenvalue weighted by atomic mass is 10.3. The molecular formula is C12H12N8O2. The van der Waals surface area contributed by atoms with Crippen molar-refractivity contribution < 1.29 is 9.53 Å². The van der Waals surface area contributed by atoms with E-state index in [0.717, 1.165) is 0 Å². The Morgan fingerprint density at radius 2 is 2.14 bits per heavy atom. The summed E-state index contributed by atoms with van der Waals surface area (Å²) in [5.41, 5.74) is 1.18. The van der Waals surface area contributed by atoms with E-state index in [-0.39, 0.29) is 6.61 Å². The highest BCUT2D eigenvalue weighted by molar-refractivity contribution is 5.84. The third kappa shape index (κ3) is 3.62. The fourth-order valence-electron chi connectivity index (χ4n) is 1.69. The van der Waals surface area contributed by atoms with E-state index in [0.29, 0.717) is 23.8 Å². The summed E-state index contributed by atoms with van der Waals surface area (Å²) in [4.78, 5) is 11.6. The van der Waals surface area contributed by atoms with E-state index in [1.807, 2.05) is 18.2 Å². The molecule has 0 fully saturated rings. The fourth-order valence-corrected chi connectivity index (χ4v) is 1.69. The van der Waals surface area contributed by atoms with Crippen LogP contribution in [0.25, 0.3) is 0 Å². The van der Waals surface area contributed by atoms with Crippen LogP contribution >= 0.6 is 0 Å². The van der Waals surface area contributed by atoms with Crippen LogP contribution in [0.3, 0.4) is 0 Å². The lowest BCUT2D eigenvalue weighted by molar-refractivity contribution is 0.153. The number of nitrogens with one attached hydrogen (secondary N) is 2. The van der Waals surface area contributed by atoms with Crippen LogP contribution in [0.4, 0.5) is 10.5 Å². The number of carbonyl (C=O) groups excluding carboxylic acids is 1. The van der Waals surface area contributed by atoms with Crippen molar-refractivity contribution in [3.63, 3.8) is 0 Å². The zero-order valence-electron chi connectivity index (χ0n) is 11.4.